The van der Waals surface area contributed by atoms with Gasteiger partial charge in [-0.3, -0.25) is 0 Å². The SMILES string of the molecule is C[C@@]1(c2ccc(Cl)cc2)C[C@H]1/C=C/Cc1ccccc1. The summed E-state index contributed by atoms with van der Waals surface area (Å²) >= 11 is 5.96. The van der Waals surface area contributed by atoms with E-state index in [-0.39, 0.29) is 0 Å². The first-order chi connectivity index (χ1) is 9.68. The van der Waals surface area contributed by atoms with Crippen LogP contribution in [0.15, 0.2) is 66.7 Å². The molecule has 0 aliphatic heterocycles. The fraction of sp³-hybridized carbons (Fsp3) is 0.263. The lowest BCUT2D eigenvalue weighted by molar-refractivity contribution is 0.735. The van der Waals surface area contributed by atoms with Crippen molar-refractivity contribution < 1.29 is 0 Å². The molecule has 0 heterocycles. The molecular formula is C19H19Cl. The summed E-state index contributed by atoms with van der Waals surface area (Å²) in [5.74, 6) is 0.660. The van der Waals surface area contributed by atoms with Crippen molar-refractivity contribution in [3.8, 4) is 0 Å². The third-order valence-corrected chi connectivity index (χ3v) is 4.62. The van der Waals surface area contributed by atoms with Gasteiger partial charge in [0.2, 0.25) is 0 Å². The molecule has 0 unspecified atom stereocenters. The highest BCUT2D eigenvalue weighted by molar-refractivity contribution is 6.30. The maximum atomic E-state index is 5.96. The number of halogens is 1. The predicted molar refractivity (Wildman–Crippen MR) is 86.2 cm³/mol. The van der Waals surface area contributed by atoms with Crippen LogP contribution in [0.25, 0.3) is 0 Å². The van der Waals surface area contributed by atoms with Gasteiger partial charge < -0.3 is 0 Å². The van der Waals surface area contributed by atoms with Gasteiger partial charge in [0.05, 0.1) is 0 Å². The standard InChI is InChI=1S/C19H19Cl/c1-19(16-10-12-18(20)13-11-16)14-17(19)9-5-8-15-6-3-2-4-7-15/h2-7,9-13,17H,8,14H2,1H3/b9-5+/t17-,19+/m1/s1. The van der Waals surface area contributed by atoms with Gasteiger partial charge in [-0.15, -0.1) is 0 Å². The zero-order valence-electron chi connectivity index (χ0n) is 11.7. The molecule has 3 rings (SSSR count). The first kappa shape index (κ1) is 13.5. The van der Waals surface area contributed by atoms with Crippen LogP contribution in [0, 0.1) is 5.92 Å². The van der Waals surface area contributed by atoms with Gasteiger partial charge in [-0.25, -0.2) is 0 Å². The van der Waals surface area contributed by atoms with Gasteiger partial charge in [0.15, 0.2) is 0 Å². The smallest absolute Gasteiger partial charge is 0.0406 e. The van der Waals surface area contributed by atoms with Crippen molar-refractivity contribution in [3.63, 3.8) is 0 Å². The Morgan fingerprint density at radius 2 is 1.80 bits per heavy atom. The molecule has 0 bridgehead atoms. The number of benzene rings is 2. The highest BCUT2D eigenvalue weighted by atomic mass is 35.5. The molecule has 0 saturated heterocycles. The molecule has 1 aliphatic rings. The van der Waals surface area contributed by atoms with E-state index in [1.54, 1.807) is 0 Å². The van der Waals surface area contributed by atoms with Crippen molar-refractivity contribution in [1.29, 1.82) is 0 Å². The molecule has 1 aliphatic carbocycles. The van der Waals surface area contributed by atoms with Gasteiger partial charge >= 0.3 is 0 Å². The average molecular weight is 283 g/mol. The Labute approximate surface area is 126 Å². The molecule has 0 nitrogen and oxygen atoms in total. The first-order valence-corrected chi connectivity index (χ1v) is 7.53. The van der Waals surface area contributed by atoms with E-state index in [9.17, 15) is 0 Å². The van der Waals surface area contributed by atoms with E-state index in [1.807, 2.05) is 12.1 Å². The maximum absolute atomic E-state index is 5.96. The molecule has 0 spiro atoms. The van der Waals surface area contributed by atoms with E-state index >= 15 is 0 Å². The summed E-state index contributed by atoms with van der Waals surface area (Å²) in [4.78, 5) is 0. The number of hydrogen-bond acceptors (Lipinski definition) is 0. The summed E-state index contributed by atoms with van der Waals surface area (Å²) < 4.78 is 0. The van der Waals surface area contributed by atoms with Crippen LogP contribution in [-0.4, -0.2) is 0 Å². The van der Waals surface area contributed by atoms with Gasteiger partial charge in [-0.1, -0.05) is 73.1 Å². The van der Waals surface area contributed by atoms with Gasteiger partial charge in [0.1, 0.15) is 0 Å². The molecule has 102 valence electrons. The lowest BCUT2D eigenvalue weighted by atomic mass is 9.95. The van der Waals surface area contributed by atoms with Gasteiger partial charge in [0, 0.05) is 5.02 Å². The van der Waals surface area contributed by atoms with E-state index in [4.69, 9.17) is 11.6 Å². The van der Waals surface area contributed by atoms with Crippen molar-refractivity contribution in [3.05, 3.63) is 82.9 Å². The van der Waals surface area contributed by atoms with Gasteiger partial charge in [-0.05, 0) is 47.4 Å². The van der Waals surface area contributed by atoms with E-state index < -0.39 is 0 Å². The third kappa shape index (κ3) is 2.81. The third-order valence-electron chi connectivity index (χ3n) is 4.37. The maximum Gasteiger partial charge on any atom is 0.0406 e. The molecule has 0 amide bonds. The average Bonchev–Trinajstić information content (AvgIpc) is 3.13. The van der Waals surface area contributed by atoms with Crippen LogP contribution in [0.3, 0.4) is 0 Å². The number of hydrogen-bond donors (Lipinski definition) is 0. The highest BCUT2D eigenvalue weighted by Gasteiger charge is 2.49. The topological polar surface area (TPSA) is 0 Å². The molecule has 2 aromatic rings. The summed E-state index contributed by atoms with van der Waals surface area (Å²) in [7, 11) is 0. The zero-order chi connectivity index (χ0) is 14.0. The molecule has 20 heavy (non-hydrogen) atoms. The van der Waals surface area contributed by atoms with Crippen LogP contribution in [0.2, 0.25) is 5.02 Å². The van der Waals surface area contributed by atoms with E-state index in [1.165, 1.54) is 17.5 Å². The quantitative estimate of drug-likeness (QED) is 0.657. The van der Waals surface area contributed by atoms with Crippen molar-refractivity contribution >= 4 is 11.6 Å². The molecular weight excluding hydrogens is 264 g/mol. The van der Waals surface area contributed by atoms with Crippen LogP contribution in [-0.2, 0) is 11.8 Å². The van der Waals surface area contributed by atoms with Crippen LogP contribution in [0.4, 0.5) is 0 Å². The van der Waals surface area contributed by atoms with E-state index in [0.717, 1.165) is 11.4 Å². The second-order valence-corrected chi connectivity index (χ2v) is 6.29. The van der Waals surface area contributed by atoms with Crippen LogP contribution >= 0.6 is 11.6 Å². The van der Waals surface area contributed by atoms with E-state index in [2.05, 4.69) is 61.5 Å². The zero-order valence-corrected chi connectivity index (χ0v) is 12.5. The minimum Gasteiger partial charge on any atom is -0.0843 e. The van der Waals surface area contributed by atoms with Crippen LogP contribution in [0.1, 0.15) is 24.5 Å². The molecule has 0 N–H and O–H groups in total. The Bertz CT molecular complexity index is 597. The van der Waals surface area contributed by atoms with Crippen molar-refractivity contribution in [1.82, 2.24) is 0 Å². The fourth-order valence-electron chi connectivity index (χ4n) is 2.82. The second kappa shape index (κ2) is 5.46. The Morgan fingerprint density at radius 3 is 2.50 bits per heavy atom. The van der Waals surface area contributed by atoms with Crippen molar-refractivity contribution in [2.45, 2.75) is 25.2 Å². The molecule has 1 heteroatoms. The summed E-state index contributed by atoms with van der Waals surface area (Å²) in [6, 6.07) is 18.9. The Kier molecular flexibility index (Phi) is 3.67. The van der Waals surface area contributed by atoms with Crippen molar-refractivity contribution in [2.24, 2.45) is 5.92 Å². The summed E-state index contributed by atoms with van der Waals surface area (Å²) in [5.41, 5.74) is 3.08. The highest BCUT2D eigenvalue weighted by Crippen LogP contribution is 2.54. The first-order valence-electron chi connectivity index (χ1n) is 7.15. The molecule has 2 aromatic carbocycles. The fourth-order valence-corrected chi connectivity index (χ4v) is 2.95. The largest absolute Gasteiger partial charge is 0.0843 e. The van der Waals surface area contributed by atoms with E-state index in [0.29, 0.717) is 11.3 Å². The van der Waals surface area contributed by atoms with Crippen LogP contribution in [0.5, 0.6) is 0 Å². The number of allylic oxidation sites excluding steroid dienone is 2. The summed E-state index contributed by atoms with van der Waals surface area (Å²) in [5, 5.41) is 0.814. The summed E-state index contributed by atoms with van der Waals surface area (Å²) in [6.45, 7) is 2.34. The minimum atomic E-state index is 0.303. The molecule has 1 fully saturated rings. The summed E-state index contributed by atoms with van der Waals surface area (Å²) in [6.07, 6.45) is 6.94. The second-order valence-electron chi connectivity index (χ2n) is 5.85. The van der Waals surface area contributed by atoms with Crippen LogP contribution < -0.4 is 0 Å². The molecule has 0 aromatic heterocycles. The number of rotatable bonds is 4. The molecule has 2 atom stereocenters. The Morgan fingerprint density at radius 1 is 1.10 bits per heavy atom. The lowest BCUT2D eigenvalue weighted by Gasteiger charge is -2.10. The Hall–Kier alpha value is -1.53. The Balaban J connectivity index is 1.62. The molecule has 1 saturated carbocycles. The lowest BCUT2D eigenvalue weighted by Crippen LogP contribution is -2.02. The minimum absolute atomic E-state index is 0.303. The predicted octanol–water partition coefficient (Wildman–Crippen LogP) is 5.42. The molecule has 0 radical (unpaired) electrons. The normalized spacial score (nSPS) is 25.0. The van der Waals surface area contributed by atoms with Gasteiger partial charge in [-0.2, -0.15) is 0 Å². The van der Waals surface area contributed by atoms with Crippen molar-refractivity contribution in [2.75, 3.05) is 0 Å². The monoisotopic (exact) mass is 282 g/mol. The van der Waals surface area contributed by atoms with Gasteiger partial charge in [0.25, 0.3) is 0 Å².